The molecule has 0 amide bonds. The molecule has 1 aromatic carbocycles. The Hall–Kier alpha value is -1.44. The fraction of sp³-hybridized carbons (Fsp3) is 0.375. The highest BCUT2D eigenvalue weighted by Crippen LogP contribution is 2.40. The van der Waals surface area contributed by atoms with E-state index in [4.69, 9.17) is 11.6 Å². The maximum Gasteiger partial charge on any atom is 0.262 e. The van der Waals surface area contributed by atoms with Crippen molar-refractivity contribution in [2.45, 2.75) is 48.1 Å². The molecule has 0 bridgehead atoms. The largest absolute Gasteiger partial charge is 0.287 e. The average Bonchev–Trinajstić information content (AvgIpc) is 3.31. The first-order valence-corrected chi connectivity index (χ1v) is 9.84. The van der Waals surface area contributed by atoms with E-state index >= 15 is 0 Å². The molecule has 0 N–H and O–H groups in total. The Bertz CT molecular complexity index is 964. The van der Waals surface area contributed by atoms with Crippen molar-refractivity contribution in [1.82, 2.24) is 18.9 Å². The first-order chi connectivity index (χ1) is 11.7. The van der Waals surface area contributed by atoms with Crippen LogP contribution in [0, 0.1) is 0 Å². The van der Waals surface area contributed by atoms with Crippen molar-refractivity contribution in [1.29, 1.82) is 0 Å². The van der Waals surface area contributed by atoms with E-state index in [1.165, 1.54) is 36.1 Å². The summed E-state index contributed by atoms with van der Waals surface area (Å²) in [6.07, 6.45) is 3.21. The molecule has 8 heteroatoms. The topological polar surface area (TPSA) is 60.7 Å². The lowest BCUT2D eigenvalue weighted by molar-refractivity contribution is 0.584. The van der Waals surface area contributed by atoms with Gasteiger partial charge >= 0.3 is 0 Å². The normalized spacial score (nSPS) is 14.4. The highest BCUT2D eigenvalue weighted by molar-refractivity contribution is 8.00. The van der Waals surface area contributed by atoms with E-state index < -0.39 is 0 Å². The Morgan fingerprint density at radius 3 is 2.96 bits per heavy atom. The summed E-state index contributed by atoms with van der Waals surface area (Å²) in [7, 11) is 0. The Kier molecular flexibility index (Phi) is 4.32. The summed E-state index contributed by atoms with van der Waals surface area (Å²) in [4.78, 5) is 22.0. The third kappa shape index (κ3) is 3.08. The van der Waals surface area contributed by atoms with Gasteiger partial charge in [0.05, 0.1) is 10.9 Å². The number of hydrogen-bond acceptors (Lipinski definition) is 6. The SMILES string of the molecule is CCCn1c(Sc2nc(C3CC3)ns2)nc2cc(Cl)ccc2c1=O. The van der Waals surface area contributed by atoms with E-state index in [1.807, 2.05) is 6.92 Å². The Morgan fingerprint density at radius 1 is 1.38 bits per heavy atom. The maximum atomic E-state index is 12.8. The predicted octanol–water partition coefficient (Wildman–Crippen LogP) is 4.34. The lowest BCUT2D eigenvalue weighted by Gasteiger charge is -2.11. The Balaban J connectivity index is 1.78. The zero-order valence-corrected chi connectivity index (χ0v) is 15.4. The van der Waals surface area contributed by atoms with E-state index in [-0.39, 0.29) is 5.56 Å². The van der Waals surface area contributed by atoms with Crippen LogP contribution < -0.4 is 5.56 Å². The highest BCUT2D eigenvalue weighted by atomic mass is 35.5. The fourth-order valence-electron chi connectivity index (χ4n) is 2.52. The molecule has 2 heterocycles. The first kappa shape index (κ1) is 16.1. The van der Waals surface area contributed by atoms with Gasteiger partial charge in [-0.2, -0.15) is 4.37 Å². The van der Waals surface area contributed by atoms with Gasteiger partial charge in [0.2, 0.25) is 0 Å². The zero-order valence-electron chi connectivity index (χ0n) is 13.0. The summed E-state index contributed by atoms with van der Waals surface area (Å²) in [5, 5.41) is 1.81. The highest BCUT2D eigenvalue weighted by Gasteiger charge is 2.28. The zero-order chi connectivity index (χ0) is 16.7. The van der Waals surface area contributed by atoms with Crippen LogP contribution in [0.2, 0.25) is 5.02 Å². The standard InChI is InChI=1S/C16H15ClN4OS2/c1-2-7-21-14(22)11-6-5-10(17)8-12(11)18-15(21)23-16-19-13(20-24-16)9-3-4-9/h5-6,8-9H,2-4,7H2,1H3. The van der Waals surface area contributed by atoms with Crippen molar-refractivity contribution >= 4 is 45.8 Å². The first-order valence-electron chi connectivity index (χ1n) is 7.87. The van der Waals surface area contributed by atoms with Crippen LogP contribution in [0.5, 0.6) is 0 Å². The van der Waals surface area contributed by atoms with E-state index in [9.17, 15) is 4.79 Å². The number of rotatable bonds is 5. The van der Waals surface area contributed by atoms with Crippen LogP contribution in [-0.4, -0.2) is 18.9 Å². The smallest absolute Gasteiger partial charge is 0.262 e. The number of nitrogens with zero attached hydrogens (tertiary/aromatic N) is 4. The van der Waals surface area contributed by atoms with Gasteiger partial charge in [-0.1, -0.05) is 18.5 Å². The van der Waals surface area contributed by atoms with Gasteiger partial charge in [0.1, 0.15) is 5.82 Å². The van der Waals surface area contributed by atoms with E-state index in [0.29, 0.717) is 33.5 Å². The quantitative estimate of drug-likeness (QED) is 0.618. The molecule has 0 saturated heterocycles. The summed E-state index contributed by atoms with van der Waals surface area (Å²) in [6, 6.07) is 5.20. The van der Waals surface area contributed by atoms with Crippen LogP contribution in [0.3, 0.4) is 0 Å². The molecular weight excluding hydrogens is 364 g/mol. The van der Waals surface area contributed by atoms with E-state index in [1.54, 1.807) is 22.8 Å². The number of aromatic nitrogens is 4. The molecule has 24 heavy (non-hydrogen) atoms. The summed E-state index contributed by atoms with van der Waals surface area (Å²) in [5.41, 5.74) is 0.585. The van der Waals surface area contributed by atoms with Crippen LogP contribution >= 0.6 is 34.9 Å². The molecule has 124 valence electrons. The van der Waals surface area contributed by atoms with Crippen molar-refractivity contribution < 1.29 is 0 Å². The molecule has 1 aliphatic rings. The van der Waals surface area contributed by atoms with Crippen LogP contribution in [0.15, 0.2) is 32.5 Å². The van der Waals surface area contributed by atoms with Gasteiger partial charge in [-0.3, -0.25) is 9.36 Å². The minimum absolute atomic E-state index is 0.0343. The van der Waals surface area contributed by atoms with E-state index in [2.05, 4.69) is 14.3 Å². The second kappa shape index (κ2) is 6.46. The second-order valence-electron chi connectivity index (χ2n) is 5.81. The molecule has 0 spiro atoms. The summed E-state index contributed by atoms with van der Waals surface area (Å²) < 4.78 is 6.97. The van der Waals surface area contributed by atoms with E-state index in [0.717, 1.165) is 16.6 Å². The van der Waals surface area contributed by atoms with Crippen LogP contribution in [0.4, 0.5) is 0 Å². The van der Waals surface area contributed by atoms with Gasteiger partial charge in [-0.05, 0) is 60.8 Å². The summed E-state index contributed by atoms with van der Waals surface area (Å²) >= 11 is 8.84. The molecule has 1 saturated carbocycles. The van der Waals surface area contributed by atoms with Gasteiger partial charge in [-0.15, -0.1) is 0 Å². The van der Waals surface area contributed by atoms with Gasteiger partial charge in [-0.25, -0.2) is 9.97 Å². The third-order valence-electron chi connectivity index (χ3n) is 3.87. The lowest BCUT2D eigenvalue weighted by Crippen LogP contribution is -2.23. The van der Waals surface area contributed by atoms with Crippen LogP contribution in [0.1, 0.15) is 37.9 Å². The van der Waals surface area contributed by atoms with Crippen molar-refractivity contribution in [2.75, 3.05) is 0 Å². The molecular formula is C16H15ClN4OS2. The van der Waals surface area contributed by atoms with Crippen LogP contribution in [-0.2, 0) is 6.54 Å². The summed E-state index contributed by atoms with van der Waals surface area (Å²) in [6.45, 7) is 2.67. The molecule has 1 fully saturated rings. The minimum Gasteiger partial charge on any atom is -0.287 e. The van der Waals surface area contributed by atoms with Gasteiger partial charge in [0, 0.05) is 17.5 Å². The Morgan fingerprint density at radius 2 is 2.21 bits per heavy atom. The molecule has 4 rings (SSSR count). The lowest BCUT2D eigenvalue weighted by atomic mass is 10.2. The van der Waals surface area contributed by atoms with Crippen molar-refractivity contribution in [3.8, 4) is 0 Å². The van der Waals surface area contributed by atoms with Crippen molar-refractivity contribution in [3.05, 3.63) is 39.4 Å². The number of hydrogen-bond donors (Lipinski definition) is 0. The number of fused-ring (bicyclic) bond motifs is 1. The number of halogens is 1. The van der Waals surface area contributed by atoms with Crippen molar-refractivity contribution in [3.63, 3.8) is 0 Å². The molecule has 0 radical (unpaired) electrons. The predicted molar refractivity (Wildman–Crippen MR) is 97.3 cm³/mol. The molecule has 3 aromatic rings. The molecule has 0 aliphatic heterocycles. The average molecular weight is 379 g/mol. The van der Waals surface area contributed by atoms with Crippen LogP contribution in [0.25, 0.3) is 10.9 Å². The summed E-state index contributed by atoms with van der Waals surface area (Å²) in [5.74, 6) is 1.45. The fourth-order valence-corrected chi connectivity index (χ4v) is 4.39. The molecule has 0 unspecified atom stereocenters. The molecule has 0 atom stereocenters. The molecule has 1 aliphatic carbocycles. The van der Waals surface area contributed by atoms with Gasteiger partial charge < -0.3 is 0 Å². The molecule has 5 nitrogen and oxygen atoms in total. The maximum absolute atomic E-state index is 12.8. The second-order valence-corrected chi connectivity index (χ2v) is 8.21. The Labute approximate surface area is 152 Å². The van der Waals surface area contributed by atoms with Gasteiger partial charge in [0.25, 0.3) is 5.56 Å². The number of benzene rings is 1. The monoisotopic (exact) mass is 378 g/mol. The third-order valence-corrected chi connectivity index (χ3v) is 5.87. The minimum atomic E-state index is -0.0343. The van der Waals surface area contributed by atoms with Crippen molar-refractivity contribution in [2.24, 2.45) is 0 Å². The van der Waals surface area contributed by atoms with Gasteiger partial charge in [0.15, 0.2) is 9.50 Å². The molecule has 2 aromatic heterocycles.